The molecular weight excluding hydrogens is 1130 g/mol. The summed E-state index contributed by atoms with van der Waals surface area (Å²) in [6.45, 7) is 14.4. The number of nitrogens with two attached hydrogens (primary N) is 1. The van der Waals surface area contributed by atoms with Crippen LogP contribution in [0.2, 0.25) is 0 Å². The van der Waals surface area contributed by atoms with E-state index in [1.54, 1.807) is 12.4 Å². The lowest BCUT2D eigenvalue weighted by atomic mass is 9.72. The first kappa shape index (κ1) is 58.8. The lowest BCUT2D eigenvalue weighted by Crippen LogP contribution is -2.65. The molecule has 472 valence electrons. The normalized spacial score (nSPS) is 23.7. The Morgan fingerprint density at radius 3 is 1.67 bits per heavy atom. The summed E-state index contributed by atoms with van der Waals surface area (Å²) in [6.07, 6.45) is 17.1. The number of anilines is 8. The average Bonchev–Trinajstić information content (AvgIpc) is 2.40. The Morgan fingerprint density at radius 1 is 0.567 bits per heavy atom. The van der Waals surface area contributed by atoms with E-state index in [0.29, 0.717) is 71.3 Å². The first-order valence-electron chi connectivity index (χ1n) is 33.2. The molecule has 2 saturated carbocycles. The number of benzene rings is 2. The number of primary amides is 1. The number of hydrogen-bond acceptors (Lipinski definition) is 20. The molecule has 15 rings (SSSR count). The molecule has 22 heteroatoms. The van der Waals surface area contributed by atoms with E-state index in [9.17, 15) is 9.59 Å². The van der Waals surface area contributed by atoms with Gasteiger partial charge in [-0.1, -0.05) is 12.1 Å². The summed E-state index contributed by atoms with van der Waals surface area (Å²) in [4.78, 5) is 70.1. The van der Waals surface area contributed by atoms with E-state index >= 15 is 0 Å². The molecule has 9 fully saturated rings. The van der Waals surface area contributed by atoms with E-state index in [-0.39, 0.29) is 45.8 Å². The summed E-state index contributed by atoms with van der Waals surface area (Å²) in [5.41, 5.74) is 16.0. The third-order valence-corrected chi connectivity index (χ3v) is 21.2. The lowest BCUT2D eigenvalue weighted by molar-refractivity contribution is -0.0753. The SMILES string of the molecule is CN1CCN(C2CCN(c3ccc(Nc4nc(NC5CCOC6(CC6)C5)c(-c5ccccn5)nc4C(=O)NN4CC5(CCN(C6CCN(c7ccc(Nc8nc(NC9CCOCC9%10CC%10)c(-c9ccccn9)nc8C(N)=O)cc7)CC6)CC5)C4)cc3)CC2)CC1. The van der Waals surface area contributed by atoms with Crippen molar-refractivity contribution in [1.82, 2.24) is 55.0 Å². The van der Waals surface area contributed by atoms with Crippen LogP contribution in [0.4, 0.5) is 46.0 Å². The van der Waals surface area contributed by atoms with Gasteiger partial charge in [0.1, 0.15) is 11.4 Å². The number of carbonyl (C=O) groups is 2. The number of carbonyl (C=O) groups excluding carboxylic acids is 2. The molecule has 7 saturated heterocycles. The maximum Gasteiger partial charge on any atom is 0.288 e. The number of likely N-dealkylation sites (tertiary alicyclic amines) is 1. The predicted molar refractivity (Wildman–Crippen MR) is 349 cm³/mol. The van der Waals surface area contributed by atoms with Gasteiger partial charge in [0, 0.05) is 149 Å². The molecular formula is C68H86N18O4. The molecule has 3 spiro atoms. The zero-order valence-corrected chi connectivity index (χ0v) is 51.9. The van der Waals surface area contributed by atoms with Gasteiger partial charge in [-0.2, -0.15) is 0 Å². The van der Waals surface area contributed by atoms with E-state index in [1.165, 1.54) is 18.5 Å². The van der Waals surface area contributed by atoms with Gasteiger partial charge in [-0.05, 0) is 176 Å². The van der Waals surface area contributed by atoms with Crippen molar-refractivity contribution in [3.8, 4) is 22.8 Å². The third-order valence-electron chi connectivity index (χ3n) is 21.2. The number of piperazine rings is 1. The van der Waals surface area contributed by atoms with Crippen LogP contribution in [-0.2, 0) is 9.47 Å². The minimum absolute atomic E-state index is 0.0404. The van der Waals surface area contributed by atoms with Crippen LogP contribution in [0.25, 0.3) is 22.8 Å². The Hall–Kier alpha value is -7.60. The predicted octanol–water partition coefficient (Wildman–Crippen LogP) is 8.01. The molecule has 9 aliphatic rings. The summed E-state index contributed by atoms with van der Waals surface area (Å²) in [5, 5.41) is 16.5. The Bertz CT molecular complexity index is 3500. The second kappa shape index (κ2) is 24.9. The van der Waals surface area contributed by atoms with Crippen LogP contribution < -0.4 is 42.2 Å². The van der Waals surface area contributed by atoms with Crippen molar-refractivity contribution >= 4 is 57.8 Å². The monoisotopic (exact) mass is 1220 g/mol. The van der Waals surface area contributed by atoms with Gasteiger partial charge in [-0.3, -0.25) is 29.9 Å². The van der Waals surface area contributed by atoms with E-state index in [0.717, 1.165) is 173 Å². The Morgan fingerprint density at radius 2 is 1.12 bits per heavy atom. The van der Waals surface area contributed by atoms with Gasteiger partial charge in [-0.25, -0.2) is 24.9 Å². The molecule has 6 aromatic rings. The fourth-order valence-electron chi connectivity index (χ4n) is 15.4. The summed E-state index contributed by atoms with van der Waals surface area (Å²) < 4.78 is 12.1. The highest BCUT2D eigenvalue weighted by atomic mass is 16.5. The summed E-state index contributed by atoms with van der Waals surface area (Å²) in [6, 6.07) is 29.8. The van der Waals surface area contributed by atoms with Crippen LogP contribution in [0.5, 0.6) is 0 Å². The van der Waals surface area contributed by atoms with E-state index in [2.05, 4.69) is 105 Å². The fraction of sp³-hybridized carbons (Fsp3) is 0.529. The molecule has 2 aliphatic carbocycles. The minimum Gasteiger partial charge on any atom is -0.381 e. The molecule has 4 aromatic heterocycles. The third kappa shape index (κ3) is 12.6. The van der Waals surface area contributed by atoms with Crippen LogP contribution in [-0.4, -0.2) is 197 Å². The van der Waals surface area contributed by atoms with Crippen molar-refractivity contribution in [3.63, 3.8) is 0 Å². The van der Waals surface area contributed by atoms with Crippen LogP contribution >= 0.6 is 0 Å². The molecule has 2 aromatic carbocycles. The van der Waals surface area contributed by atoms with Crippen molar-refractivity contribution in [1.29, 1.82) is 0 Å². The maximum absolute atomic E-state index is 14.8. The van der Waals surface area contributed by atoms with E-state index < -0.39 is 5.91 Å². The number of nitrogens with zero attached hydrogens (tertiary/aromatic N) is 12. The average molecular weight is 1220 g/mol. The molecule has 2 unspecified atom stereocenters. The standard InChI is InChI=1S/C68H86N18O4/c1-81-36-38-85(39-37-81)52-18-32-83(33-19-52)50-14-10-47(11-15-50)73-64-59(77-56(53-6-2-4-28-70-53)61(78-64)74-48-20-41-90-68(42-48)24-25-68)65(88)80-86-43-66(44-86)26-34-84(35-27-66)51-16-30-82(31-17-51)49-12-8-46(9-13-49)72-63-58(60(69)87)76-57(54-7-3-5-29-71-54)62(79-63)75-55-21-40-89-45-67(55)22-23-67/h2-15,28-29,48,51-52,55H,16-27,30-45H2,1H3,(H2,69,87)(H,80,88)(H2,72,75,79)(H2,73,74,78). The minimum atomic E-state index is -0.669. The van der Waals surface area contributed by atoms with Gasteiger partial charge in [-0.15, -0.1) is 0 Å². The number of hydrazine groups is 1. The Labute approximate surface area is 527 Å². The second-order valence-electron chi connectivity index (χ2n) is 27.2. The van der Waals surface area contributed by atoms with Crippen LogP contribution in [0, 0.1) is 10.8 Å². The Balaban J connectivity index is 0.573. The molecule has 11 heterocycles. The number of piperidine rings is 3. The van der Waals surface area contributed by atoms with Crippen molar-refractivity contribution in [2.75, 3.05) is 136 Å². The molecule has 90 heavy (non-hydrogen) atoms. The number of rotatable bonds is 17. The fourth-order valence-corrected chi connectivity index (χ4v) is 15.4. The number of amides is 2. The van der Waals surface area contributed by atoms with Gasteiger partial charge in [0.15, 0.2) is 34.7 Å². The van der Waals surface area contributed by atoms with Crippen molar-refractivity contribution in [3.05, 3.63) is 109 Å². The summed E-state index contributed by atoms with van der Waals surface area (Å²) in [5.74, 6) is 0.918. The van der Waals surface area contributed by atoms with E-state index in [4.69, 9.17) is 40.1 Å². The topological polar surface area (TPSA) is 236 Å². The molecule has 2 atom stereocenters. The quantitative estimate of drug-likeness (QED) is 0.0507. The maximum atomic E-state index is 14.8. The van der Waals surface area contributed by atoms with Crippen molar-refractivity contribution in [2.45, 2.75) is 113 Å². The number of ether oxygens (including phenoxy) is 2. The largest absolute Gasteiger partial charge is 0.381 e. The van der Waals surface area contributed by atoms with Gasteiger partial charge in [0.25, 0.3) is 11.8 Å². The Kier molecular flexibility index (Phi) is 16.2. The smallest absolute Gasteiger partial charge is 0.288 e. The van der Waals surface area contributed by atoms with Gasteiger partial charge < -0.3 is 56.1 Å². The van der Waals surface area contributed by atoms with Gasteiger partial charge >= 0.3 is 0 Å². The van der Waals surface area contributed by atoms with Gasteiger partial charge in [0.2, 0.25) is 0 Å². The first-order valence-corrected chi connectivity index (χ1v) is 33.2. The molecule has 0 radical (unpaired) electrons. The highest BCUT2D eigenvalue weighted by Gasteiger charge is 2.52. The van der Waals surface area contributed by atoms with Crippen LogP contribution in [0.1, 0.15) is 104 Å². The number of hydrogen-bond donors (Lipinski definition) is 6. The first-order chi connectivity index (χ1) is 44.0. The zero-order chi connectivity index (χ0) is 60.8. The molecule has 0 bridgehead atoms. The number of nitrogens with one attached hydrogen (secondary N) is 5. The number of pyridine rings is 2. The molecule has 7 N–H and O–H groups in total. The summed E-state index contributed by atoms with van der Waals surface area (Å²) >= 11 is 0. The van der Waals surface area contributed by atoms with Crippen LogP contribution in [0.15, 0.2) is 97.3 Å². The van der Waals surface area contributed by atoms with Crippen LogP contribution in [0.3, 0.4) is 0 Å². The van der Waals surface area contributed by atoms with E-state index in [1.807, 2.05) is 48.5 Å². The molecule has 2 amide bonds. The van der Waals surface area contributed by atoms with Crippen molar-refractivity contribution in [2.24, 2.45) is 16.6 Å². The lowest BCUT2D eigenvalue weighted by Gasteiger charge is -2.55. The zero-order valence-electron chi connectivity index (χ0n) is 51.9. The number of likely N-dealkylation sites (N-methyl/N-ethyl adjacent to an activating group) is 1. The highest BCUT2D eigenvalue weighted by molar-refractivity contribution is 5.99. The molecule has 22 nitrogen and oxygen atoms in total. The van der Waals surface area contributed by atoms with Gasteiger partial charge in [0.05, 0.1) is 23.6 Å². The highest BCUT2D eigenvalue weighted by Crippen LogP contribution is 2.53. The van der Waals surface area contributed by atoms with Crippen molar-refractivity contribution < 1.29 is 19.1 Å². The number of aromatic nitrogens is 6. The second-order valence-corrected chi connectivity index (χ2v) is 27.2. The molecule has 7 aliphatic heterocycles. The summed E-state index contributed by atoms with van der Waals surface area (Å²) in [7, 11) is 2.22.